The lowest BCUT2D eigenvalue weighted by molar-refractivity contribution is -0.0498. The zero-order valence-corrected chi connectivity index (χ0v) is 18.0. The number of sulfonamides is 1. The van der Waals surface area contributed by atoms with Gasteiger partial charge in [-0.1, -0.05) is 35.9 Å². The number of nitrogens with one attached hydrogen (secondary N) is 1. The highest BCUT2D eigenvalue weighted by atomic mass is 35.5. The molecule has 1 aliphatic rings. The van der Waals surface area contributed by atoms with Gasteiger partial charge in [0.15, 0.2) is 0 Å². The largest absolute Gasteiger partial charge is 0.435 e. The average molecular weight is 479 g/mol. The van der Waals surface area contributed by atoms with Crippen molar-refractivity contribution < 1.29 is 26.7 Å². The van der Waals surface area contributed by atoms with Gasteiger partial charge in [0.1, 0.15) is 10.6 Å². The molecule has 3 aromatic carbocycles. The molecular weight excluding hydrogens is 462 g/mol. The Hall–Kier alpha value is -3.17. The van der Waals surface area contributed by atoms with Crippen LogP contribution in [0, 0.1) is 0 Å². The van der Waals surface area contributed by atoms with Crippen molar-refractivity contribution in [3.63, 3.8) is 0 Å². The molecule has 0 aromatic heterocycles. The topological polar surface area (TPSA) is 75.7 Å². The van der Waals surface area contributed by atoms with Crippen molar-refractivity contribution in [1.29, 1.82) is 0 Å². The molecule has 0 spiro atoms. The molecule has 0 aliphatic carbocycles. The minimum atomic E-state index is -4.01. The van der Waals surface area contributed by atoms with Gasteiger partial charge in [0.05, 0.1) is 10.7 Å². The predicted octanol–water partition coefficient (Wildman–Crippen LogP) is 4.95. The maximum atomic E-state index is 13.3. The van der Waals surface area contributed by atoms with Crippen LogP contribution in [0.2, 0.25) is 5.02 Å². The zero-order chi connectivity index (χ0) is 22.9. The van der Waals surface area contributed by atoms with E-state index < -0.39 is 22.5 Å². The van der Waals surface area contributed by atoms with Gasteiger partial charge in [-0.05, 0) is 48.4 Å². The lowest BCUT2D eigenvalue weighted by Crippen LogP contribution is -2.29. The molecule has 0 atom stereocenters. The molecule has 1 N–H and O–H groups in total. The van der Waals surface area contributed by atoms with Gasteiger partial charge in [-0.2, -0.15) is 8.78 Å². The Labute approximate surface area is 188 Å². The Morgan fingerprint density at radius 1 is 1.06 bits per heavy atom. The Morgan fingerprint density at radius 2 is 1.84 bits per heavy atom. The summed E-state index contributed by atoms with van der Waals surface area (Å²) < 4.78 is 57.1. The van der Waals surface area contributed by atoms with E-state index in [0.717, 1.165) is 5.56 Å². The molecular formula is C22H17ClF2N2O4S. The first kappa shape index (κ1) is 22.0. The first-order valence-electron chi connectivity index (χ1n) is 9.52. The molecule has 0 fully saturated rings. The van der Waals surface area contributed by atoms with Crippen molar-refractivity contribution >= 4 is 38.9 Å². The second-order valence-corrected chi connectivity index (χ2v) is 9.20. The molecule has 1 aliphatic heterocycles. The summed E-state index contributed by atoms with van der Waals surface area (Å²) in [5.41, 5.74) is 1.74. The second-order valence-electron chi connectivity index (χ2n) is 6.96. The van der Waals surface area contributed by atoms with Crippen LogP contribution in [-0.2, 0) is 16.4 Å². The number of hydrogen-bond donors (Lipinski definition) is 1. The molecule has 0 saturated heterocycles. The molecule has 3 aromatic rings. The predicted molar refractivity (Wildman–Crippen MR) is 117 cm³/mol. The number of halogens is 3. The fourth-order valence-corrected chi connectivity index (χ4v) is 5.48. The fourth-order valence-electron chi connectivity index (χ4n) is 3.47. The van der Waals surface area contributed by atoms with Gasteiger partial charge < -0.3 is 10.1 Å². The molecule has 1 amide bonds. The van der Waals surface area contributed by atoms with E-state index in [-0.39, 0.29) is 33.5 Å². The maximum Gasteiger partial charge on any atom is 0.387 e. The average Bonchev–Trinajstić information content (AvgIpc) is 3.19. The van der Waals surface area contributed by atoms with E-state index in [1.807, 2.05) is 12.1 Å². The van der Waals surface area contributed by atoms with Gasteiger partial charge in [0.2, 0.25) is 0 Å². The third-order valence-corrected chi connectivity index (χ3v) is 7.22. The smallest absolute Gasteiger partial charge is 0.387 e. The van der Waals surface area contributed by atoms with E-state index in [2.05, 4.69) is 10.1 Å². The number of amides is 1. The molecule has 0 radical (unpaired) electrons. The van der Waals surface area contributed by atoms with Gasteiger partial charge >= 0.3 is 6.61 Å². The summed E-state index contributed by atoms with van der Waals surface area (Å²) in [5.74, 6) is -0.751. The number of anilines is 2. The first-order valence-corrected chi connectivity index (χ1v) is 11.3. The van der Waals surface area contributed by atoms with Crippen LogP contribution in [0.5, 0.6) is 5.75 Å². The number of hydrogen-bond acceptors (Lipinski definition) is 4. The second kappa shape index (κ2) is 8.76. The summed E-state index contributed by atoms with van der Waals surface area (Å²) in [6, 6.07) is 16.6. The Balaban J connectivity index is 1.61. The summed E-state index contributed by atoms with van der Waals surface area (Å²) in [6.45, 7) is -2.73. The minimum absolute atomic E-state index is 0.0155. The highest BCUT2D eigenvalue weighted by Crippen LogP contribution is 2.35. The van der Waals surface area contributed by atoms with Gasteiger partial charge in [0.25, 0.3) is 15.9 Å². The van der Waals surface area contributed by atoms with Gasteiger partial charge in [-0.3, -0.25) is 9.10 Å². The van der Waals surface area contributed by atoms with Crippen molar-refractivity contribution in [3.8, 4) is 5.75 Å². The Morgan fingerprint density at radius 3 is 2.62 bits per heavy atom. The number of nitrogens with zero attached hydrogens (tertiary/aromatic N) is 1. The van der Waals surface area contributed by atoms with Crippen molar-refractivity contribution in [1.82, 2.24) is 0 Å². The molecule has 32 heavy (non-hydrogen) atoms. The van der Waals surface area contributed by atoms with E-state index in [0.29, 0.717) is 12.1 Å². The molecule has 0 saturated carbocycles. The SMILES string of the molecule is O=C(Nc1cccc(OC(F)F)c1)c1ccc(Cl)c(S(=O)(=O)N2CCc3ccccc32)c1. The van der Waals surface area contributed by atoms with E-state index in [9.17, 15) is 22.0 Å². The molecule has 0 bridgehead atoms. The number of carbonyl (C=O) groups is 1. The van der Waals surface area contributed by atoms with Crippen LogP contribution >= 0.6 is 11.6 Å². The molecule has 0 unspecified atom stereocenters. The van der Waals surface area contributed by atoms with Crippen molar-refractivity contribution in [2.45, 2.75) is 17.9 Å². The first-order chi connectivity index (χ1) is 15.3. The van der Waals surface area contributed by atoms with Crippen LogP contribution in [0.3, 0.4) is 0 Å². The third kappa shape index (κ3) is 4.39. The summed E-state index contributed by atoms with van der Waals surface area (Å²) in [6.07, 6.45) is 0.574. The van der Waals surface area contributed by atoms with Crippen LogP contribution in [0.15, 0.2) is 71.6 Å². The third-order valence-electron chi connectivity index (χ3n) is 4.92. The maximum absolute atomic E-state index is 13.3. The van der Waals surface area contributed by atoms with Gasteiger partial charge in [-0.25, -0.2) is 8.42 Å². The number of fused-ring (bicyclic) bond motifs is 1. The normalized spacial score (nSPS) is 13.2. The summed E-state index contributed by atoms with van der Waals surface area (Å²) in [7, 11) is -4.01. The molecule has 1 heterocycles. The molecule has 6 nitrogen and oxygen atoms in total. The quantitative estimate of drug-likeness (QED) is 0.544. The van der Waals surface area contributed by atoms with Crippen LogP contribution in [0.25, 0.3) is 0 Å². The molecule has 166 valence electrons. The van der Waals surface area contributed by atoms with Gasteiger partial charge in [-0.15, -0.1) is 0 Å². The van der Waals surface area contributed by atoms with E-state index in [4.69, 9.17) is 11.6 Å². The molecule has 4 rings (SSSR count). The number of carbonyl (C=O) groups excluding carboxylic acids is 1. The van der Waals surface area contributed by atoms with E-state index >= 15 is 0 Å². The Bertz CT molecular complexity index is 1280. The summed E-state index contributed by atoms with van der Waals surface area (Å²) >= 11 is 6.20. The lowest BCUT2D eigenvalue weighted by Gasteiger charge is -2.20. The van der Waals surface area contributed by atoms with Crippen molar-refractivity contribution in [2.75, 3.05) is 16.2 Å². The summed E-state index contributed by atoms with van der Waals surface area (Å²) in [4.78, 5) is 12.5. The Kier molecular flexibility index (Phi) is 6.03. The fraction of sp³-hybridized carbons (Fsp3) is 0.136. The summed E-state index contributed by atoms with van der Waals surface area (Å²) in [5, 5.41) is 2.52. The highest BCUT2D eigenvalue weighted by Gasteiger charge is 2.32. The number of ether oxygens (including phenoxy) is 1. The minimum Gasteiger partial charge on any atom is -0.435 e. The monoisotopic (exact) mass is 478 g/mol. The van der Waals surface area contributed by atoms with E-state index in [1.54, 1.807) is 12.1 Å². The highest BCUT2D eigenvalue weighted by molar-refractivity contribution is 7.93. The number of para-hydroxylation sites is 1. The van der Waals surface area contributed by atoms with E-state index in [1.165, 1.54) is 46.8 Å². The van der Waals surface area contributed by atoms with Crippen LogP contribution < -0.4 is 14.4 Å². The number of benzene rings is 3. The van der Waals surface area contributed by atoms with Gasteiger partial charge in [0, 0.05) is 23.9 Å². The van der Waals surface area contributed by atoms with Crippen LogP contribution in [0.4, 0.5) is 20.2 Å². The van der Waals surface area contributed by atoms with Crippen LogP contribution in [-0.4, -0.2) is 27.5 Å². The van der Waals surface area contributed by atoms with Crippen molar-refractivity contribution in [3.05, 3.63) is 82.9 Å². The number of rotatable bonds is 6. The number of alkyl halides is 2. The zero-order valence-electron chi connectivity index (χ0n) is 16.5. The standard InChI is InChI=1S/C22H17ClF2N2O4S/c23-18-9-8-15(21(28)26-16-5-3-6-17(13-16)31-22(24)25)12-20(18)32(29,30)27-11-10-14-4-1-2-7-19(14)27/h1-9,12-13,22H,10-11H2,(H,26,28). The molecule has 10 heteroatoms. The lowest BCUT2D eigenvalue weighted by atomic mass is 10.2. The van der Waals surface area contributed by atoms with Crippen LogP contribution in [0.1, 0.15) is 15.9 Å². The van der Waals surface area contributed by atoms with Crippen molar-refractivity contribution in [2.24, 2.45) is 0 Å².